The molecule has 1 aliphatic rings. The number of nitrogens with two attached hydrogens (primary N) is 1. The molecule has 1 aliphatic carbocycles. The van der Waals surface area contributed by atoms with E-state index in [2.05, 4.69) is 15.5 Å². The summed E-state index contributed by atoms with van der Waals surface area (Å²) in [6.45, 7) is 1.61. The van der Waals surface area contributed by atoms with Crippen molar-refractivity contribution < 1.29 is 14.1 Å². The maximum atomic E-state index is 13.6. The van der Waals surface area contributed by atoms with Crippen molar-refractivity contribution in [2.75, 3.05) is 0 Å². The number of rotatable bonds is 6. The lowest BCUT2D eigenvalue weighted by molar-refractivity contribution is -0.123. The smallest absolute Gasteiger partial charge is 0.259 e. The van der Waals surface area contributed by atoms with E-state index in [1.54, 1.807) is 37.3 Å². The number of nitrogens with zero attached hydrogens (tertiary/aromatic N) is 2. The summed E-state index contributed by atoms with van der Waals surface area (Å²) in [5.41, 5.74) is 7.00. The van der Waals surface area contributed by atoms with Gasteiger partial charge < -0.3 is 15.6 Å². The molecule has 1 aromatic carbocycles. The Kier molecular flexibility index (Phi) is 4.59. The molecule has 0 spiro atoms. The predicted molar refractivity (Wildman–Crippen MR) is 118 cm³/mol. The molecule has 4 aromatic rings. The van der Waals surface area contributed by atoms with Crippen LogP contribution in [0.3, 0.4) is 0 Å². The number of benzene rings is 1. The lowest BCUT2D eigenvalue weighted by atomic mass is 9.90. The van der Waals surface area contributed by atoms with Gasteiger partial charge in [0, 0.05) is 5.92 Å². The molecule has 1 atom stereocenters. The lowest BCUT2D eigenvalue weighted by Gasteiger charge is -2.28. The number of aromatic nitrogens is 2. The van der Waals surface area contributed by atoms with Crippen LogP contribution in [0.5, 0.6) is 0 Å². The van der Waals surface area contributed by atoms with E-state index in [1.807, 2.05) is 23.6 Å². The van der Waals surface area contributed by atoms with E-state index < -0.39 is 17.4 Å². The van der Waals surface area contributed by atoms with Crippen molar-refractivity contribution in [3.63, 3.8) is 0 Å². The van der Waals surface area contributed by atoms with Gasteiger partial charge in [0.2, 0.25) is 5.91 Å². The number of thiophene rings is 1. The number of hydrogen-bond donors (Lipinski definition) is 2. The van der Waals surface area contributed by atoms with Gasteiger partial charge in [-0.15, -0.1) is 11.3 Å². The highest BCUT2D eigenvalue weighted by Crippen LogP contribution is 2.43. The van der Waals surface area contributed by atoms with Crippen LogP contribution in [0, 0.1) is 0 Å². The largest absolute Gasteiger partial charge is 0.367 e. The Labute approximate surface area is 182 Å². The second kappa shape index (κ2) is 7.31. The minimum Gasteiger partial charge on any atom is -0.367 e. The minimum atomic E-state index is -1.38. The molecule has 0 bridgehead atoms. The highest BCUT2D eigenvalue weighted by atomic mass is 32.1. The molecule has 8 heteroatoms. The first kappa shape index (κ1) is 19.4. The minimum absolute atomic E-state index is 0.263. The summed E-state index contributed by atoms with van der Waals surface area (Å²) in [6, 6.07) is 14.5. The Morgan fingerprint density at radius 3 is 2.61 bits per heavy atom. The zero-order chi connectivity index (χ0) is 21.6. The highest BCUT2D eigenvalue weighted by molar-refractivity contribution is 7.13. The second-order valence-corrected chi connectivity index (χ2v) is 8.81. The Balaban J connectivity index is 1.63. The lowest BCUT2D eigenvalue weighted by Crippen LogP contribution is -2.52. The maximum Gasteiger partial charge on any atom is 0.259 e. The summed E-state index contributed by atoms with van der Waals surface area (Å²) in [5.74, 6) is -0.817. The van der Waals surface area contributed by atoms with E-state index in [0.717, 1.165) is 23.4 Å². The molecule has 3 N–H and O–H groups in total. The van der Waals surface area contributed by atoms with Crippen LogP contribution < -0.4 is 11.1 Å². The van der Waals surface area contributed by atoms with Crippen LogP contribution in [0.4, 0.5) is 0 Å². The average molecular weight is 433 g/mol. The van der Waals surface area contributed by atoms with Crippen molar-refractivity contribution >= 4 is 34.3 Å². The molecule has 31 heavy (non-hydrogen) atoms. The molecule has 1 unspecified atom stereocenters. The first-order valence-electron chi connectivity index (χ1n) is 9.99. The molecule has 3 heterocycles. The fourth-order valence-corrected chi connectivity index (χ4v) is 4.37. The monoisotopic (exact) mass is 432 g/mol. The summed E-state index contributed by atoms with van der Waals surface area (Å²) in [7, 11) is 0. The van der Waals surface area contributed by atoms with Gasteiger partial charge in [-0.25, -0.2) is 4.98 Å². The van der Waals surface area contributed by atoms with Gasteiger partial charge in [-0.2, -0.15) is 0 Å². The van der Waals surface area contributed by atoms with Crippen molar-refractivity contribution in [2.24, 2.45) is 5.73 Å². The quantitative estimate of drug-likeness (QED) is 0.479. The topological polar surface area (TPSA) is 111 Å². The van der Waals surface area contributed by atoms with Crippen LogP contribution in [-0.2, 0) is 10.3 Å². The summed E-state index contributed by atoms with van der Waals surface area (Å²) in [6.07, 6.45) is 2.00. The first-order valence-corrected chi connectivity index (χ1v) is 10.9. The molecule has 0 saturated heterocycles. The molecule has 156 valence electrons. The molecule has 3 aromatic heterocycles. The molecule has 5 rings (SSSR count). The van der Waals surface area contributed by atoms with E-state index in [9.17, 15) is 9.59 Å². The molecular weight excluding hydrogens is 412 g/mol. The van der Waals surface area contributed by atoms with Crippen LogP contribution in [-0.4, -0.2) is 22.0 Å². The molecule has 0 radical (unpaired) electrons. The number of hydrogen-bond acceptors (Lipinski definition) is 6. The van der Waals surface area contributed by atoms with Crippen LogP contribution in [0.2, 0.25) is 0 Å². The zero-order valence-corrected chi connectivity index (χ0v) is 17.6. The second-order valence-electron chi connectivity index (χ2n) is 7.86. The Morgan fingerprint density at radius 1 is 1.19 bits per heavy atom. The van der Waals surface area contributed by atoms with Crippen molar-refractivity contribution in [3.8, 4) is 10.6 Å². The Morgan fingerprint density at radius 2 is 1.97 bits per heavy atom. The summed E-state index contributed by atoms with van der Waals surface area (Å²) < 4.78 is 5.51. The summed E-state index contributed by atoms with van der Waals surface area (Å²) >= 11 is 1.51. The van der Waals surface area contributed by atoms with Crippen LogP contribution >= 0.6 is 11.3 Å². The third-order valence-electron chi connectivity index (χ3n) is 5.66. The van der Waals surface area contributed by atoms with E-state index in [-0.39, 0.29) is 5.92 Å². The Hall–Kier alpha value is -3.52. The number of amides is 2. The van der Waals surface area contributed by atoms with Gasteiger partial charge in [-0.05, 0) is 42.8 Å². The maximum absolute atomic E-state index is 13.6. The number of primary amides is 1. The van der Waals surface area contributed by atoms with Crippen LogP contribution in [0.25, 0.3) is 21.7 Å². The number of carbonyl (C=O) groups is 2. The highest BCUT2D eigenvalue weighted by Gasteiger charge is 2.37. The fraction of sp³-hybridized carbons (Fsp3) is 0.217. The molecular formula is C23H20N4O3S. The van der Waals surface area contributed by atoms with Gasteiger partial charge in [-0.1, -0.05) is 41.6 Å². The molecule has 1 fully saturated rings. The van der Waals surface area contributed by atoms with Crippen molar-refractivity contribution in [1.82, 2.24) is 15.5 Å². The average Bonchev–Trinajstić information content (AvgIpc) is 3.29. The van der Waals surface area contributed by atoms with Gasteiger partial charge in [0.25, 0.3) is 11.6 Å². The fourth-order valence-electron chi connectivity index (χ4n) is 3.68. The van der Waals surface area contributed by atoms with Gasteiger partial charge in [0.15, 0.2) is 0 Å². The van der Waals surface area contributed by atoms with Crippen LogP contribution in [0.15, 0.2) is 58.4 Å². The molecule has 7 nitrogen and oxygen atoms in total. The van der Waals surface area contributed by atoms with E-state index in [4.69, 9.17) is 10.3 Å². The number of nitrogens with one attached hydrogen (secondary N) is 1. The SMILES string of the molecule is CC(NC(=O)c1cc(-c2cccs2)nc2onc(C3CC3)c12)(C(N)=O)c1ccccc1. The van der Waals surface area contributed by atoms with E-state index in [1.165, 1.54) is 11.3 Å². The summed E-state index contributed by atoms with van der Waals surface area (Å²) in [4.78, 5) is 31.5. The van der Waals surface area contributed by atoms with Gasteiger partial charge >= 0.3 is 0 Å². The Bertz CT molecular complexity index is 1280. The number of fused-ring (bicyclic) bond motifs is 1. The number of pyridine rings is 1. The third kappa shape index (κ3) is 3.38. The first-order chi connectivity index (χ1) is 15.0. The standard InChI is InChI=1S/C23H20N4O3S/c1-23(22(24)29,14-6-3-2-4-7-14)26-20(28)15-12-16(17-8-5-11-31-17)25-21-18(15)19(27-30-21)13-9-10-13/h2-8,11-13H,9-10H2,1H3,(H2,24,29)(H,26,28). The van der Waals surface area contributed by atoms with E-state index >= 15 is 0 Å². The molecule has 1 saturated carbocycles. The van der Waals surface area contributed by atoms with Crippen molar-refractivity contribution in [3.05, 3.63) is 70.7 Å². The van der Waals surface area contributed by atoms with Gasteiger partial charge in [-0.3, -0.25) is 9.59 Å². The van der Waals surface area contributed by atoms with Gasteiger partial charge in [0.1, 0.15) is 5.54 Å². The zero-order valence-electron chi connectivity index (χ0n) is 16.8. The third-order valence-corrected chi connectivity index (χ3v) is 6.56. The predicted octanol–water partition coefficient (Wildman–Crippen LogP) is 3.96. The number of carbonyl (C=O) groups excluding carboxylic acids is 2. The van der Waals surface area contributed by atoms with E-state index in [0.29, 0.717) is 27.9 Å². The van der Waals surface area contributed by atoms with Crippen molar-refractivity contribution in [1.29, 1.82) is 0 Å². The van der Waals surface area contributed by atoms with Gasteiger partial charge in [0.05, 0.1) is 27.2 Å². The van der Waals surface area contributed by atoms with Crippen LogP contribution in [0.1, 0.15) is 47.3 Å². The molecule has 2 amide bonds. The summed E-state index contributed by atoms with van der Waals surface area (Å²) in [5, 5.41) is 9.60. The normalized spacial score (nSPS) is 15.5. The van der Waals surface area contributed by atoms with Crippen molar-refractivity contribution in [2.45, 2.75) is 31.2 Å². The molecule has 0 aliphatic heterocycles.